The van der Waals surface area contributed by atoms with Crippen molar-refractivity contribution < 1.29 is 19.1 Å². The fourth-order valence-corrected chi connectivity index (χ4v) is 4.80. The first-order chi connectivity index (χ1) is 17.3. The first-order valence-corrected chi connectivity index (χ1v) is 13.0. The summed E-state index contributed by atoms with van der Waals surface area (Å²) in [6.07, 6.45) is 2.78. The number of likely N-dealkylation sites (N-methyl/N-ethyl adjacent to an activating group) is 1. The number of hydrogen-bond donors (Lipinski definition) is 1. The molecule has 2 amide bonds. The van der Waals surface area contributed by atoms with Gasteiger partial charge in [-0.25, -0.2) is 0 Å². The number of ether oxygens (including phenoxy) is 2. The average Bonchev–Trinajstić information content (AvgIpc) is 3.69. The van der Waals surface area contributed by atoms with Gasteiger partial charge in [-0.1, -0.05) is 37.3 Å². The number of methoxy groups -OCH3 is 1. The zero-order valence-electron chi connectivity index (χ0n) is 21.9. The highest BCUT2D eigenvalue weighted by molar-refractivity contribution is 5.99. The van der Waals surface area contributed by atoms with Crippen LogP contribution in [-0.2, 0) is 16.0 Å². The number of amides is 2. The summed E-state index contributed by atoms with van der Waals surface area (Å²) in [6, 6.07) is 15.1. The highest BCUT2D eigenvalue weighted by atomic mass is 16.5. The smallest absolute Gasteiger partial charge is 0.257 e. The molecule has 1 aliphatic heterocycles. The van der Waals surface area contributed by atoms with E-state index < -0.39 is 0 Å². The van der Waals surface area contributed by atoms with Crippen molar-refractivity contribution in [2.45, 2.75) is 45.3 Å². The van der Waals surface area contributed by atoms with Gasteiger partial charge in [0, 0.05) is 45.5 Å². The number of benzene rings is 2. The summed E-state index contributed by atoms with van der Waals surface area (Å²) in [6.45, 7) is 7.32. The second-order valence-corrected chi connectivity index (χ2v) is 10.4. The number of anilines is 1. The van der Waals surface area contributed by atoms with E-state index in [1.807, 2.05) is 30.3 Å². The van der Waals surface area contributed by atoms with Crippen molar-refractivity contribution in [3.05, 3.63) is 59.7 Å². The molecule has 194 valence electrons. The Hall–Kier alpha value is -2.90. The molecular formula is C29H39N3O4. The quantitative estimate of drug-likeness (QED) is 0.657. The van der Waals surface area contributed by atoms with Crippen molar-refractivity contribution in [3.8, 4) is 5.75 Å². The molecule has 1 fully saturated rings. The number of hydrogen-bond acceptors (Lipinski definition) is 5. The molecule has 2 aromatic carbocycles. The molecule has 3 atom stereocenters. The van der Waals surface area contributed by atoms with Crippen LogP contribution in [0.25, 0.3) is 0 Å². The van der Waals surface area contributed by atoms with Gasteiger partial charge in [0.2, 0.25) is 5.91 Å². The minimum Gasteiger partial charge on any atom is -0.491 e. The van der Waals surface area contributed by atoms with Gasteiger partial charge in [0.1, 0.15) is 12.4 Å². The minimum atomic E-state index is -0.151. The third-order valence-electron chi connectivity index (χ3n) is 7.25. The lowest BCUT2D eigenvalue weighted by Crippen LogP contribution is -2.47. The SMILES string of the molecule is CO[C@@H]1CN(C)C(=O)c2cc(NC(=O)Cc3ccccc3)ccc2OC[C@H](C)N(CC2CC2)C[C@H]1C. The Morgan fingerprint density at radius 1 is 1.11 bits per heavy atom. The molecule has 0 spiro atoms. The van der Waals surface area contributed by atoms with E-state index in [2.05, 4.69) is 24.1 Å². The lowest BCUT2D eigenvalue weighted by Gasteiger charge is -2.36. The molecule has 1 heterocycles. The molecule has 1 aliphatic carbocycles. The monoisotopic (exact) mass is 493 g/mol. The Bertz CT molecular complexity index is 1040. The molecule has 2 aromatic rings. The van der Waals surface area contributed by atoms with Gasteiger partial charge in [-0.3, -0.25) is 14.5 Å². The van der Waals surface area contributed by atoms with Crippen molar-refractivity contribution in [1.82, 2.24) is 9.80 Å². The highest BCUT2D eigenvalue weighted by Crippen LogP contribution is 2.32. The van der Waals surface area contributed by atoms with Gasteiger partial charge in [-0.15, -0.1) is 0 Å². The number of carbonyl (C=O) groups is 2. The van der Waals surface area contributed by atoms with Crippen molar-refractivity contribution in [2.75, 3.05) is 45.7 Å². The molecule has 0 aromatic heterocycles. The van der Waals surface area contributed by atoms with Crippen LogP contribution < -0.4 is 10.1 Å². The van der Waals surface area contributed by atoms with E-state index in [1.165, 1.54) is 12.8 Å². The zero-order valence-corrected chi connectivity index (χ0v) is 21.9. The van der Waals surface area contributed by atoms with Crippen LogP contribution in [0.4, 0.5) is 5.69 Å². The van der Waals surface area contributed by atoms with E-state index in [4.69, 9.17) is 9.47 Å². The summed E-state index contributed by atoms with van der Waals surface area (Å²) in [4.78, 5) is 30.4. The molecule has 1 saturated carbocycles. The van der Waals surface area contributed by atoms with Crippen molar-refractivity contribution >= 4 is 17.5 Å². The van der Waals surface area contributed by atoms with Gasteiger partial charge in [0.15, 0.2) is 0 Å². The lowest BCUT2D eigenvalue weighted by atomic mass is 10.0. The maximum Gasteiger partial charge on any atom is 0.257 e. The molecule has 36 heavy (non-hydrogen) atoms. The van der Waals surface area contributed by atoms with E-state index in [1.54, 1.807) is 37.3 Å². The fourth-order valence-electron chi connectivity index (χ4n) is 4.80. The van der Waals surface area contributed by atoms with Crippen LogP contribution in [0.2, 0.25) is 0 Å². The van der Waals surface area contributed by atoms with E-state index in [0.29, 0.717) is 30.2 Å². The summed E-state index contributed by atoms with van der Waals surface area (Å²) in [5.74, 6) is 1.28. The third kappa shape index (κ3) is 6.86. The number of nitrogens with zero attached hydrogens (tertiary/aromatic N) is 2. The second kappa shape index (κ2) is 11.9. The molecule has 7 nitrogen and oxygen atoms in total. The predicted molar refractivity (Wildman–Crippen MR) is 141 cm³/mol. The molecule has 2 aliphatic rings. The standard InChI is InChI=1S/C29H39N3O4/c1-20-16-32(17-23-10-11-23)21(2)19-36-26-13-12-24(30-28(33)14-22-8-6-5-7-9-22)15-25(26)29(34)31(3)18-27(20)35-4/h5-9,12-13,15,20-21,23,27H,10-11,14,16-19H2,1-4H3,(H,30,33)/t20-,21+,27-/m1/s1. The summed E-state index contributed by atoms with van der Waals surface area (Å²) < 4.78 is 12.1. The Balaban J connectivity index is 1.56. The fraction of sp³-hybridized carbons (Fsp3) is 0.517. The first-order valence-electron chi connectivity index (χ1n) is 13.0. The number of fused-ring (bicyclic) bond motifs is 1. The van der Waals surface area contributed by atoms with E-state index in [-0.39, 0.29) is 36.3 Å². The van der Waals surface area contributed by atoms with Crippen LogP contribution in [0.1, 0.15) is 42.6 Å². The molecule has 0 saturated heterocycles. The normalized spacial score (nSPS) is 23.7. The minimum absolute atomic E-state index is 0.0783. The topological polar surface area (TPSA) is 71.1 Å². The summed E-state index contributed by atoms with van der Waals surface area (Å²) >= 11 is 0. The van der Waals surface area contributed by atoms with Gasteiger partial charge < -0.3 is 19.7 Å². The number of rotatable bonds is 6. The van der Waals surface area contributed by atoms with Crippen LogP contribution in [-0.4, -0.2) is 74.2 Å². The Labute approximate surface area is 214 Å². The van der Waals surface area contributed by atoms with Crippen LogP contribution in [0.3, 0.4) is 0 Å². The van der Waals surface area contributed by atoms with Crippen LogP contribution in [0.15, 0.2) is 48.5 Å². The molecule has 7 heteroatoms. The van der Waals surface area contributed by atoms with Gasteiger partial charge in [0.25, 0.3) is 5.91 Å². The maximum atomic E-state index is 13.5. The van der Waals surface area contributed by atoms with Gasteiger partial charge >= 0.3 is 0 Å². The van der Waals surface area contributed by atoms with E-state index in [9.17, 15) is 9.59 Å². The van der Waals surface area contributed by atoms with Gasteiger partial charge in [0.05, 0.1) is 18.1 Å². The molecular weight excluding hydrogens is 454 g/mol. The van der Waals surface area contributed by atoms with Crippen molar-refractivity contribution in [1.29, 1.82) is 0 Å². The Morgan fingerprint density at radius 3 is 2.56 bits per heavy atom. The lowest BCUT2D eigenvalue weighted by molar-refractivity contribution is -0.115. The van der Waals surface area contributed by atoms with Crippen LogP contribution >= 0.6 is 0 Å². The predicted octanol–water partition coefficient (Wildman–Crippen LogP) is 4.08. The summed E-state index contributed by atoms with van der Waals surface area (Å²) in [7, 11) is 3.51. The zero-order chi connectivity index (χ0) is 25.7. The highest BCUT2D eigenvalue weighted by Gasteiger charge is 2.31. The van der Waals surface area contributed by atoms with Gasteiger partial charge in [-0.2, -0.15) is 0 Å². The van der Waals surface area contributed by atoms with Crippen molar-refractivity contribution in [3.63, 3.8) is 0 Å². The van der Waals surface area contributed by atoms with Crippen LogP contribution in [0.5, 0.6) is 5.75 Å². The average molecular weight is 494 g/mol. The van der Waals surface area contributed by atoms with E-state index in [0.717, 1.165) is 24.6 Å². The third-order valence-corrected chi connectivity index (χ3v) is 7.25. The number of carbonyl (C=O) groups excluding carboxylic acids is 2. The first kappa shape index (κ1) is 26.2. The summed E-state index contributed by atoms with van der Waals surface area (Å²) in [5, 5.41) is 2.94. The molecule has 0 bridgehead atoms. The molecule has 1 N–H and O–H groups in total. The van der Waals surface area contributed by atoms with Crippen LogP contribution in [0, 0.1) is 11.8 Å². The van der Waals surface area contributed by atoms with E-state index >= 15 is 0 Å². The maximum absolute atomic E-state index is 13.5. The molecule has 4 rings (SSSR count). The second-order valence-electron chi connectivity index (χ2n) is 10.4. The van der Waals surface area contributed by atoms with Gasteiger partial charge in [-0.05, 0) is 55.4 Å². The molecule has 0 unspecified atom stereocenters. The summed E-state index contributed by atoms with van der Waals surface area (Å²) in [5.41, 5.74) is 1.95. The number of nitrogens with one attached hydrogen (secondary N) is 1. The Kier molecular flexibility index (Phi) is 8.64. The van der Waals surface area contributed by atoms with Crippen molar-refractivity contribution in [2.24, 2.45) is 11.8 Å². The molecule has 0 radical (unpaired) electrons. The largest absolute Gasteiger partial charge is 0.491 e. The Morgan fingerprint density at radius 2 is 1.86 bits per heavy atom.